The molecule has 1 unspecified atom stereocenters. The van der Waals surface area contributed by atoms with Crippen LogP contribution in [-0.2, 0) is 16.0 Å². The van der Waals surface area contributed by atoms with Gasteiger partial charge in [-0.1, -0.05) is 23.2 Å². The van der Waals surface area contributed by atoms with Crippen molar-refractivity contribution in [3.63, 3.8) is 0 Å². The molecule has 0 bridgehead atoms. The lowest BCUT2D eigenvalue weighted by Crippen LogP contribution is -2.44. The van der Waals surface area contributed by atoms with Gasteiger partial charge in [0.25, 0.3) is 0 Å². The minimum Gasteiger partial charge on any atom is -0.480 e. The molecule has 0 heterocycles. The summed E-state index contributed by atoms with van der Waals surface area (Å²) >= 11 is 11.8. The van der Waals surface area contributed by atoms with Gasteiger partial charge in [-0.2, -0.15) is 0 Å². The van der Waals surface area contributed by atoms with Crippen LogP contribution < -0.4 is 5.32 Å². The summed E-state index contributed by atoms with van der Waals surface area (Å²) in [7, 11) is 0. The Morgan fingerprint density at radius 3 is 2.48 bits per heavy atom. The Balaban J connectivity index is 2.81. The number of carbonyl (C=O) groups excluding carboxylic acids is 1. The Kier molecular flexibility index (Phi) is 5.87. The van der Waals surface area contributed by atoms with Gasteiger partial charge in [-0.15, -0.1) is 0 Å². The molecule has 0 saturated carbocycles. The number of rotatable bonds is 4. The minimum atomic E-state index is -1.18. The summed E-state index contributed by atoms with van der Waals surface area (Å²) in [4.78, 5) is 22.9. The highest BCUT2D eigenvalue weighted by atomic mass is 35.5. The molecule has 0 saturated heterocycles. The molecule has 2 N–H and O–H groups in total. The summed E-state index contributed by atoms with van der Waals surface area (Å²) < 4.78 is 5.04. The second kappa shape index (κ2) is 7.00. The summed E-state index contributed by atoms with van der Waals surface area (Å²) in [5.74, 6) is -1.18. The maximum Gasteiger partial charge on any atom is 0.408 e. The SMILES string of the molecule is CC(C)(C)OC(=O)NC(Cc1cc(Cl)ccc1Cl)C(=O)O. The van der Waals surface area contributed by atoms with Gasteiger partial charge in [-0.25, -0.2) is 9.59 Å². The standard InChI is InChI=1S/C14H17Cl2NO4/c1-14(2,3)21-13(20)17-11(12(18)19)7-8-6-9(15)4-5-10(8)16/h4-6,11H,7H2,1-3H3,(H,17,20)(H,18,19). The van der Waals surface area contributed by atoms with Crippen molar-refractivity contribution in [3.8, 4) is 0 Å². The predicted molar refractivity (Wildman–Crippen MR) is 81.0 cm³/mol. The van der Waals surface area contributed by atoms with Crippen LogP contribution >= 0.6 is 23.2 Å². The molecule has 0 aliphatic rings. The molecular formula is C14H17Cl2NO4. The van der Waals surface area contributed by atoms with Gasteiger partial charge < -0.3 is 15.2 Å². The highest BCUT2D eigenvalue weighted by Gasteiger charge is 2.25. The second-order valence-corrected chi connectivity index (χ2v) is 6.32. The molecule has 1 atom stereocenters. The normalized spacial score (nSPS) is 12.6. The fourth-order valence-corrected chi connectivity index (χ4v) is 1.96. The third-order valence-electron chi connectivity index (χ3n) is 2.42. The molecule has 0 aliphatic heterocycles. The monoisotopic (exact) mass is 333 g/mol. The van der Waals surface area contributed by atoms with Crippen LogP contribution in [0, 0.1) is 0 Å². The number of hydrogen-bond acceptors (Lipinski definition) is 3. The quantitative estimate of drug-likeness (QED) is 0.883. The molecule has 1 rings (SSSR count). The number of nitrogens with one attached hydrogen (secondary N) is 1. The zero-order valence-electron chi connectivity index (χ0n) is 11.9. The van der Waals surface area contributed by atoms with Crippen molar-refractivity contribution in [2.75, 3.05) is 0 Å². The zero-order chi connectivity index (χ0) is 16.2. The van der Waals surface area contributed by atoms with E-state index in [1.54, 1.807) is 39.0 Å². The molecule has 0 spiro atoms. The smallest absolute Gasteiger partial charge is 0.408 e. The lowest BCUT2D eigenvalue weighted by atomic mass is 10.1. The third kappa shape index (κ3) is 6.23. The number of carbonyl (C=O) groups is 2. The van der Waals surface area contributed by atoms with Crippen molar-refractivity contribution in [1.82, 2.24) is 5.32 Å². The van der Waals surface area contributed by atoms with E-state index in [2.05, 4.69) is 5.32 Å². The molecule has 0 aromatic heterocycles. The molecule has 1 amide bonds. The third-order valence-corrected chi connectivity index (χ3v) is 3.02. The highest BCUT2D eigenvalue weighted by Crippen LogP contribution is 2.22. The first kappa shape index (κ1) is 17.6. The summed E-state index contributed by atoms with van der Waals surface area (Å²) in [5, 5.41) is 12.3. The van der Waals surface area contributed by atoms with Crippen molar-refractivity contribution in [3.05, 3.63) is 33.8 Å². The number of halogens is 2. The van der Waals surface area contributed by atoms with Gasteiger partial charge >= 0.3 is 12.1 Å². The molecule has 1 aromatic carbocycles. The summed E-state index contributed by atoms with van der Waals surface area (Å²) in [6, 6.07) is 3.59. The van der Waals surface area contributed by atoms with Crippen molar-refractivity contribution in [1.29, 1.82) is 0 Å². The van der Waals surface area contributed by atoms with E-state index in [1.165, 1.54) is 0 Å². The molecule has 0 aliphatic carbocycles. The first-order chi connectivity index (χ1) is 9.58. The molecule has 0 radical (unpaired) electrons. The first-order valence-corrected chi connectivity index (χ1v) is 7.00. The van der Waals surface area contributed by atoms with Crippen LogP contribution in [0.5, 0.6) is 0 Å². The van der Waals surface area contributed by atoms with E-state index in [0.717, 1.165) is 0 Å². The number of ether oxygens (including phenoxy) is 1. The van der Waals surface area contributed by atoms with E-state index in [4.69, 9.17) is 27.9 Å². The van der Waals surface area contributed by atoms with Gasteiger partial charge in [0.1, 0.15) is 11.6 Å². The van der Waals surface area contributed by atoms with Gasteiger partial charge in [0.2, 0.25) is 0 Å². The number of benzene rings is 1. The Morgan fingerprint density at radius 1 is 1.33 bits per heavy atom. The number of aliphatic carboxylic acids is 1. The largest absolute Gasteiger partial charge is 0.480 e. The molecule has 116 valence electrons. The van der Waals surface area contributed by atoms with Crippen molar-refractivity contribution in [2.45, 2.75) is 38.8 Å². The van der Waals surface area contributed by atoms with Crippen LogP contribution in [-0.4, -0.2) is 28.8 Å². The maximum atomic E-state index is 11.7. The summed E-state index contributed by atoms with van der Waals surface area (Å²) in [6.45, 7) is 5.07. The molecule has 21 heavy (non-hydrogen) atoms. The maximum absolute atomic E-state index is 11.7. The van der Waals surface area contributed by atoms with Crippen molar-refractivity contribution in [2.24, 2.45) is 0 Å². The van der Waals surface area contributed by atoms with E-state index in [1.807, 2.05) is 0 Å². The van der Waals surface area contributed by atoms with Crippen LogP contribution in [0.1, 0.15) is 26.3 Å². The Labute approximate surface area is 133 Å². The van der Waals surface area contributed by atoms with Gasteiger partial charge in [-0.05, 0) is 44.5 Å². The number of alkyl carbamates (subject to hydrolysis) is 1. The van der Waals surface area contributed by atoms with Crippen LogP contribution in [0.15, 0.2) is 18.2 Å². The average Bonchev–Trinajstić information content (AvgIpc) is 2.30. The van der Waals surface area contributed by atoms with E-state index < -0.39 is 23.7 Å². The average molecular weight is 334 g/mol. The van der Waals surface area contributed by atoms with Gasteiger partial charge in [-0.3, -0.25) is 0 Å². The first-order valence-electron chi connectivity index (χ1n) is 6.25. The molecule has 0 fully saturated rings. The van der Waals surface area contributed by atoms with Crippen LogP contribution in [0.3, 0.4) is 0 Å². The van der Waals surface area contributed by atoms with Crippen molar-refractivity contribution >= 4 is 35.3 Å². The lowest BCUT2D eigenvalue weighted by molar-refractivity contribution is -0.139. The summed E-state index contributed by atoms with van der Waals surface area (Å²) in [5.41, 5.74) is -0.173. The zero-order valence-corrected chi connectivity index (χ0v) is 13.5. The van der Waals surface area contributed by atoms with Crippen molar-refractivity contribution < 1.29 is 19.4 Å². The Hall–Kier alpha value is -1.46. The van der Waals surface area contributed by atoms with Crippen LogP contribution in [0.4, 0.5) is 4.79 Å². The topological polar surface area (TPSA) is 75.6 Å². The Morgan fingerprint density at radius 2 is 1.95 bits per heavy atom. The molecular weight excluding hydrogens is 317 g/mol. The Bertz CT molecular complexity index is 540. The van der Waals surface area contributed by atoms with Gasteiger partial charge in [0.05, 0.1) is 0 Å². The number of hydrogen-bond donors (Lipinski definition) is 2. The molecule has 1 aromatic rings. The fourth-order valence-electron chi connectivity index (χ4n) is 1.57. The van der Waals surface area contributed by atoms with E-state index in [-0.39, 0.29) is 6.42 Å². The van der Waals surface area contributed by atoms with Gasteiger partial charge in [0, 0.05) is 16.5 Å². The predicted octanol–water partition coefficient (Wildman–Crippen LogP) is 3.51. The van der Waals surface area contributed by atoms with E-state index >= 15 is 0 Å². The number of amides is 1. The molecule has 5 nitrogen and oxygen atoms in total. The molecule has 7 heteroatoms. The minimum absolute atomic E-state index is 0.00791. The summed E-state index contributed by atoms with van der Waals surface area (Å²) in [6.07, 6.45) is -0.790. The lowest BCUT2D eigenvalue weighted by Gasteiger charge is -2.22. The van der Waals surface area contributed by atoms with E-state index in [9.17, 15) is 14.7 Å². The van der Waals surface area contributed by atoms with Crippen LogP contribution in [0.2, 0.25) is 10.0 Å². The second-order valence-electron chi connectivity index (χ2n) is 5.48. The number of carboxylic acid groups (broad SMARTS) is 1. The number of carboxylic acids is 1. The van der Waals surface area contributed by atoms with E-state index in [0.29, 0.717) is 15.6 Å². The fraction of sp³-hybridized carbons (Fsp3) is 0.429. The van der Waals surface area contributed by atoms with Crippen LogP contribution in [0.25, 0.3) is 0 Å². The van der Waals surface area contributed by atoms with Gasteiger partial charge in [0.15, 0.2) is 0 Å². The highest BCUT2D eigenvalue weighted by molar-refractivity contribution is 6.33.